The summed E-state index contributed by atoms with van der Waals surface area (Å²) in [5, 5.41) is 17.0. The van der Waals surface area contributed by atoms with Gasteiger partial charge in [0, 0.05) is 25.3 Å². The molecule has 13 heteroatoms. The summed E-state index contributed by atoms with van der Waals surface area (Å²) in [6.45, 7) is 9.25. The molecule has 3 N–H and O–H groups in total. The highest BCUT2D eigenvalue weighted by Crippen LogP contribution is 2.30. The molecule has 1 unspecified atom stereocenters. The molecule has 0 saturated carbocycles. The largest absolute Gasteiger partial charge is 0.490 e. The standard InChI is InChI=1S/C27H37N3O4S.C2HF3O2/c1-20(2)16-21-7-10-24(11-8-21)35(33,34)28-23-9-12-26(25(17-23)27(31)32)30-15-5-6-22(19-30)18-29-13-3-4-14-29;3-2(4,5)1(6)7/h7-12,17,20,22,28H,3-6,13-16,18-19H2,1-2H3,(H,31,32);(H,6,7). The molecule has 2 heterocycles. The molecule has 2 fully saturated rings. The highest BCUT2D eigenvalue weighted by atomic mass is 32.2. The predicted octanol–water partition coefficient (Wildman–Crippen LogP) is 5.33. The number of carboxylic acids is 2. The van der Waals surface area contributed by atoms with Gasteiger partial charge < -0.3 is 20.0 Å². The van der Waals surface area contributed by atoms with Gasteiger partial charge in [-0.05, 0) is 92.9 Å². The number of rotatable bonds is 9. The minimum absolute atomic E-state index is 0.124. The van der Waals surface area contributed by atoms with Gasteiger partial charge in [0.15, 0.2) is 0 Å². The minimum atomic E-state index is -5.08. The topological polar surface area (TPSA) is 127 Å². The number of carbonyl (C=O) groups is 2. The van der Waals surface area contributed by atoms with Crippen LogP contribution in [0, 0.1) is 11.8 Å². The van der Waals surface area contributed by atoms with E-state index in [-0.39, 0.29) is 16.1 Å². The van der Waals surface area contributed by atoms with Gasteiger partial charge in [-0.1, -0.05) is 26.0 Å². The van der Waals surface area contributed by atoms with Crippen LogP contribution in [-0.4, -0.2) is 74.4 Å². The zero-order valence-corrected chi connectivity index (χ0v) is 24.5. The average molecular weight is 614 g/mol. The van der Waals surface area contributed by atoms with Crippen molar-refractivity contribution in [1.29, 1.82) is 0 Å². The number of aliphatic carboxylic acids is 1. The third-order valence-corrected chi connectivity index (χ3v) is 8.57. The van der Waals surface area contributed by atoms with Crippen molar-refractivity contribution in [3.05, 3.63) is 53.6 Å². The van der Waals surface area contributed by atoms with E-state index >= 15 is 0 Å². The number of likely N-dealkylation sites (tertiary alicyclic amines) is 1. The van der Waals surface area contributed by atoms with E-state index in [9.17, 15) is 31.5 Å². The maximum Gasteiger partial charge on any atom is 0.490 e. The predicted molar refractivity (Wildman–Crippen MR) is 153 cm³/mol. The van der Waals surface area contributed by atoms with Crippen LogP contribution in [-0.2, 0) is 21.2 Å². The number of aromatic carboxylic acids is 1. The van der Waals surface area contributed by atoms with Gasteiger partial charge in [-0.3, -0.25) is 4.72 Å². The lowest BCUT2D eigenvalue weighted by atomic mass is 9.96. The number of nitrogens with zero attached hydrogens (tertiary/aromatic N) is 2. The SMILES string of the molecule is CC(C)Cc1ccc(S(=O)(=O)Nc2ccc(N3CCCC(CN4CCCC4)C3)c(C(=O)O)c2)cc1.O=C(O)C(F)(F)F. The van der Waals surface area contributed by atoms with E-state index in [4.69, 9.17) is 9.90 Å². The number of anilines is 2. The van der Waals surface area contributed by atoms with E-state index in [1.54, 1.807) is 24.3 Å². The first-order valence-corrected chi connectivity index (χ1v) is 15.4. The molecule has 232 valence electrons. The third-order valence-electron chi connectivity index (χ3n) is 7.17. The van der Waals surface area contributed by atoms with Crippen LogP contribution in [0.3, 0.4) is 0 Å². The number of alkyl halides is 3. The van der Waals surface area contributed by atoms with Gasteiger partial charge in [0.1, 0.15) is 0 Å². The van der Waals surface area contributed by atoms with Crippen LogP contribution < -0.4 is 9.62 Å². The molecule has 0 amide bonds. The van der Waals surface area contributed by atoms with Crippen molar-refractivity contribution in [2.45, 2.75) is 57.0 Å². The van der Waals surface area contributed by atoms with Crippen LogP contribution in [0.2, 0.25) is 0 Å². The summed E-state index contributed by atoms with van der Waals surface area (Å²) in [5.74, 6) is -2.81. The quantitative estimate of drug-likeness (QED) is 0.347. The summed E-state index contributed by atoms with van der Waals surface area (Å²) < 4.78 is 60.2. The molecule has 4 rings (SSSR count). The molecule has 0 aliphatic carbocycles. The van der Waals surface area contributed by atoms with Crippen molar-refractivity contribution in [3.8, 4) is 0 Å². The highest BCUT2D eigenvalue weighted by Gasteiger charge is 2.38. The Morgan fingerprint density at radius 3 is 2.17 bits per heavy atom. The summed E-state index contributed by atoms with van der Waals surface area (Å²) >= 11 is 0. The number of halogens is 3. The second-order valence-corrected chi connectivity index (χ2v) is 12.8. The van der Waals surface area contributed by atoms with Crippen LogP contribution in [0.5, 0.6) is 0 Å². The third kappa shape index (κ3) is 9.62. The zero-order chi connectivity index (χ0) is 31.1. The van der Waals surface area contributed by atoms with E-state index in [0.717, 1.165) is 57.5 Å². The summed E-state index contributed by atoms with van der Waals surface area (Å²) in [5.41, 5.74) is 2.12. The van der Waals surface area contributed by atoms with Gasteiger partial charge in [-0.2, -0.15) is 13.2 Å². The number of piperidine rings is 1. The number of hydrogen-bond donors (Lipinski definition) is 3. The monoisotopic (exact) mass is 613 g/mol. The molecule has 2 aliphatic rings. The minimum Gasteiger partial charge on any atom is -0.478 e. The van der Waals surface area contributed by atoms with Gasteiger partial charge in [0.05, 0.1) is 16.1 Å². The maximum atomic E-state index is 12.9. The van der Waals surface area contributed by atoms with Crippen molar-refractivity contribution in [3.63, 3.8) is 0 Å². The Morgan fingerprint density at radius 2 is 1.62 bits per heavy atom. The van der Waals surface area contributed by atoms with E-state index in [1.807, 2.05) is 12.1 Å². The Balaban J connectivity index is 0.000000616. The molecular weight excluding hydrogens is 575 g/mol. The summed E-state index contributed by atoms with van der Waals surface area (Å²) in [6.07, 6.45) is 0.507. The fourth-order valence-corrected chi connectivity index (χ4v) is 6.35. The lowest BCUT2D eigenvalue weighted by Gasteiger charge is -2.36. The Labute approximate surface area is 244 Å². The van der Waals surface area contributed by atoms with Crippen molar-refractivity contribution in [1.82, 2.24) is 4.90 Å². The first-order valence-electron chi connectivity index (χ1n) is 13.9. The molecule has 2 aromatic rings. The lowest BCUT2D eigenvalue weighted by molar-refractivity contribution is -0.192. The average Bonchev–Trinajstić information content (AvgIpc) is 3.41. The molecule has 2 aliphatic heterocycles. The van der Waals surface area contributed by atoms with Crippen LogP contribution in [0.1, 0.15) is 55.5 Å². The molecule has 42 heavy (non-hydrogen) atoms. The van der Waals surface area contributed by atoms with Gasteiger partial charge >= 0.3 is 18.1 Å². The van der Waals surface area contributed by atoms with Crippen LogP contribution in [0.25, 0.3) is 0 Å². The Bertz CT molecular complexity index is 1330. The Morgan fingerprint density at radius 1 is 1.00 bits per heavy atom. The van der Waals surface area contributed by atoms with Crippen molar-refractivity contribution in [2.24, 2.45) is 11.8 Å². The van der Waals surface area contributed by atoms with E-state index < -0.39 is 28.1 Å². The molecule has 2 saturated heterocycles. The molecule has 0 bridgehead atoms. The number of benzene rings is 2. The number of nitrogens with one attached hydrogen (secondary N) is 1. The number of carboxylic acid groups (broad SMARTS) is 2. The van der Waals surface area contributed by atoms with Crippen molar-refractivity contribution < 1.29 is 41.4 Å². The van der Waals surface area contributed by atoms with Crippen molar-refractivity contribution >= 4 is 33.3 Å². The second kappa shape index (κ2) is 14.2. The highest BCUT2D eigenvalue weighted by molar-refractivity contribution is 7.92. The van der Waals surface area contributed by atoms with Gasteiger partial charge in [0.2, 0.25) is 0 Å². The van der Waals surface area contributed by atoms with E-state index in [0.29, 0.717) is 17.5 Å². The van der Waals surface area contributed by atoms with Crippen LogP contribution in [0.4, 0.5) is 24.5 Å². The van der Waals surface area contributed by atoms with Crippen molar-refractivity contribution in [2.75, 3.05) is 42.3 Å². The summed E-state index contributed by atoms with van der Waals surface area (Å²) in [6, 6.07) is 11.7. The number of sulfonamides is 1. The summed E-state index contributed by atoms with van der Waals surface area (Å²) in [7, 11) is -3.82. The molecule has 2 aromatic carbocycles. The van der Waals surface area contributed by atoms with Gasteiger partial charge in [-0.15, -0.1) is 0 Å². The van der Waals surface area contributed by atoms with E-state index in [1.165, 1.54) is 18.9 Å². The fraction of sp³-hybridized carbons (Fsp3) is 0.517. The molecule has 0 aromatic heterocycles. The van der Waals surface area contributed by atoms with E-state index in [2.05, 4.69) is 28.4 Å². The van der Waals surface area contributed by atoms with Gasteiger partial charge in [0.25, 0.3) is 10.0 Å². The second-order valence-electron chi connectivity index (χ2n) is 11.1. The normalized spacial score (nSPS) is 18.0. The fourth-order valence-electron chi connectivity index (χ4n) is 5.30. The number of hydrogen-bond acceptors (Lipinski definition) is 6. The first kappa shape index (κ1) is 33.2. The zero-order valence-electron chi connectivity index (χ0n) is 23.7. The molecule has 9 nitrogen and oxygen atoms in total. The van der Waals surface area contributed by atoms with Crippen LogP contribution >= 0.6 is 0 Å². The molecule has 0 spiro atoms. The maximum absolute atomic E-state index is 12.9. The molecular formula is C29H38F3N3O6S. The lowest BCUT2D eigenvalue weighted by Crippen LogP contribution is -2.41. The summed E-state index contributed by atoms with van der Waals surface area (Å²) in [4.78, 5) is 25.8. The first-order chi connectivity index (χ1) is 19.7. The Kier molecular flexibility index (Phi) is 11.2. The molecule has 1 atom stereocenters. The smallest absolute Gasteiger partial charge is 0.478 e. The van der Waals surface area contributed by atoms with Gasteiger partial charge in [-0.25, -0.2) is 18.0 Å². The Hall–Kier alpha value is -3.32. The molecule has 0 radical (unpaired) electrons. The van der Waals surface area contributed by atoms with Crippen LogP contribution in [0.15, 0.2) is 47.4 Å².